The van der Waals surface area contributed by atoms with E-state index in [1.807, 2.05) is 31.5 Å². The maximum absolute atomic E-state index is 12.3. The van der Waals surface area contributed by atoms with Gasteiger partial charge in [-0.15, -0.1) is 16.9 Å². The van der Waals surface area contributed by atoms with Crippen LogP contribution in [-0.2, 0) is 13.1 Å². The van der Waals surface area contributed by atoms with Gasteiger partial charge in [-0.1, -0.05) is 12.1 Å². The average Bonchev–Trinajstić information content (AvgIpc) is 2.96. The lowest BCUT2D eigenvalue weighted by Crippen LogP contribution is -2.28. The fourth-order valence-corrected chi connectivity index (χ4v) is 3.30. The van der Waals surface area contributed by atoms with Crippen molar-refractivity contribution in [3.05, 3.63) is 58.6 Å². The summed E-state index contributed by atoms with van der Waals surface area (Å²) in [7, 11) is 3.73. The molecular formula is C18H22N4O2S. The zero-order valence-electron chi connectivity index (χ0n) is 14.7. The summed E-state index contributed by atoms with van der Waals surface area (Å²) < 4.78 is 8.52. The Hall–Kier alpha value is -2.25. The summed E-state index contributed by atoms with van der Waals surface area (Å²) in [5.41, 5.74) is 1.75. The number of fused-ring (bicyclic) bond motifs is 1. The number of likely N-dealkylation sites (N-methyl/N-ethyl adjacent to an activating group) is 1. The van der Waals surface area contributed by atoms with Crippen molar-refractivity contribution >= 4 is 17.4 Å². The van der Waals surface area contributed by atoms with E-state index in [1.165, 1.54) is 10.2 Å². The highest BCUT2D eigenvalue weighted by molar-refractivity contribution is 7.98. The van der Waals surface area contributed by atoms with Crippen LogP contribution in [0, 0.1) is 0 Å². The number of pyridine rings is 1. The summed E-state index contributed by atoms with van der Waals surface area (Å²) in [6, 6.07) is 11.8. The van der Waals surface area contributed by atoms with Gasteiger partial charge in [0.05, 0.1) is 13.7 Å². The van der Waals surface area contributed by atoms with Gasteiger partial charge in [0.2, 0.25) is 0 Å². The minimum atomic E-state index is -0.102. The lowest BCUT2D eigenvalue weighted by atomic mass is 10.2. The van der Waals surface area contributed by atoms with E-state index < -0.39 is 0 Å². The highest BCUT2D eigenvalue weighted by Crippen LogP contribution is 2.28. The molecule has 25 heavy (non-hydrogen) atoms. The summed E-state index contributed by atoms with van der Waals surface area (Å²) in [6.07, 6.45) is 3.78. The van der Waals surface area contributed by atoms with Gasteiger partial charge < -0.3 is 9.64 Å². The van der Waals surface area contributed by atoms with Crippen molar-refractivity contribution in [1.82, 2.24) is 19.1 Å². The first kappa shape index (κ1) is 17.6. The Morgan fingerprint density at radius 1 is 1.28 bits per heavy atom. The minimum absolute atomic E-state index is 0.102. The van der Waals surface area contributed by atoms with E-state index >= 15 is 0 Å². The predicted octanol–water partition coefficient (Wildman–Crippen LogP) is 2.36. The fraction of sp³-hybridized carbons (Fsp3) is 0.333. The second-order valence-electron chi connectivity index (χ2n) is 5.86. The molecule has 0 aliphatic heterocycles. The molecule has 0 bridgehead atoms. The Morgan fingerprint density at radius 3 is 2.84 bits per heavy atom. The molecule has 0 aliphatic carbocycles. The SMILES string of the molecule is COc1cc(CN(C)CCn2nc3ccccn3c2=O)ccc1SC. The van der Waals surface area contributed by atoms with Crippen molar-refractivity contribution in [3.63, 3.8) is 0 Å². The molecule has 3 aromatic rings. The normalized spacial score (nSPS) is 11.4. The van der Waals surface area contributed by atoms with Crippen LogP contribution in [0.2, 0.25) is 0 Å². The van der Waals surface area contributed by atoms with Crippen molar-refractivity contribution in [2.45, 2.75) is 18.0 Å². The van der Waals surface area contributed by atoms with Gasteiger partial charge in [-0.2, -0.15) is 0 Å². The van der Waals surface area contributed by atoms with E-state index in [-0.39, 0.29) is 5.69 Å². The summed E-state index contributed by atoms with van der Waals surface area (Å²) >= 11 is 1.67. The number of ether oxygens (including phenoxy) is 1. The Balaban J connectivity index is 1.65. The van der Waals surface area contributed by atoms with E-state index in [0.29, 0.717) is 12.2 Å². The fourth-order valence-electron chi connectivity index (χ4n) is 2.75. The second kappa shape index (κ2) is 7.76. The van der Waals surface area contributed by atoms with Crippen molar-refractivity contribution in [1.29, 1.82) is 0 Å². The Kier molecular flexibility index (Phi) is 5.45. The van der Waals surface area contributed by atoms with E-state index in [1.54, 1.807) is 29.5 Å². The van der Waals surface area contributed by atoms with E-state index in [0.717, 1.165) is 23.7 Å². The topological polar surface area (TPSA) is 51.8 Å². The third kappa shape index (κ3) is 3.88. The van der Waals surface area contributed by atoms with Crippen molar-refractivity contribution in [3.8, 4) is 5.75 Å². The highest BCUT2D eigenvalue weighted by atomic mass is 32.2. The van der Waals surface area contributed by atoms with E-state index in [9.17, 15) is 4.79 Å². The van der Waals surface area contributed by atoms with Gasteiger partial charge >= 0.3 is 5.69 Å². The van der Waals surface area contributed by atoms with Crippen LogP contribution >= 0.6 is 11.8 Å². The summed E-state index contributed by atoms with van der Waals surface area (Å²) in [4.78, 5) is 15.6. The van der Waals surface area contributed by atoms with Gasteiger partial charge in [0, 0.05) is 24.2 Å². The molecule has 0 unspecified atom stereocenters. The van der Waals surface area contributed by atoms with Gasteiger partial charge in [0.15, 0.2) is 5.65 Å². The molecule has 2 heterocycles. The Labute approximate surface area is 151 Å². The molecule has 0 fully saturated rings. The molecule has 0 saturated heterocycles. The molecule has 1 aromatic carbocycles. The first-order valence-corrected chi connectivity index (χ1v) is 9.28. The molecule has 2 aromatic heterocycles. The molecule has 0 aliphatic rings. The molecule has 0 saturated carbocycles. The monoisotopic (exact) mass is 358 g/mol. The van der Waals surface area contributed by atoms with Gasteiger partial charge in [-0.25, -0.2) is 9.48 Å². The van der Waals surface area contributed by atoms with Crippen molar-refractivity contribution < 1.29 is 4.74 Å². The zero-order chi connectivity index (χ0) is 17.8. The number of benzene rings is 1. The minimum Gasteiger partial charge on any atom is -0.496 e. The second-order valence-corrected chi connectivity index (χ2v) is 6.71. The van der Waals surface area contributed by atoms with Crippen LogP contribution in [0.5, 0.6) is 5.75 Å². The van der Waals surface area contributed by atoms with E-state index in [4.69, 9.17) is 4.74 Å². The molecule has 0 radical (unpaired) electrons. The van der Waals surface area contributed by atoms with Crippen LogP contribution < -0.4 is 10.4 Å². The quantitative estimate of drug-likeness (QED) is 0.607. The summed E-state index contributed by atoms with van der Waals surface area (Å²) in [6.45, 7) is 2.07. The Bertz CT molecular complexity index is 919. The van der Waals surface area contributed by atoms with Gasteiger partial charge in [-0.05, 0) is 43.1 Å². The molecule has 0 N–H and O–H groups in total. The summed E-state index contributed by atoms with van der Waals surface area (Å²) in [5.74, 6) is 0.898. The largest absolute Gasteiger partial charge is 0.496 e. The van der Waals surface area contributed by atoms with Crippen LogP contribution in [-0.4, -0.2) is 46.0 Å². The maximum Gasteiger partial charge on any atom is 0.350 e. The third-order valence-electron chi connectivity index (χ3n) is 4.08. The zero-order valence-corrected chi connectivity index (χ0v) is 15.5. The molecule has 7 heteroatoms. The molecule has 0 spiro atoms. The van der Waals surface area contributed by atoms with Crippen LogP contribution in [0.3, 0.4) is 0 Å². The van der Waals surface area contributed by atoms with Crippen LogP contribution in [0.15, 0.2) is 52.3 Å². The van der Waals surface area contributed by atoms with Crippen LogP contribution in [0.25, 0.3) is 5.65 Å². The summed E-state index contributed by atoms with van der Waals surface area (Å²) in [5, 5.41) is 4.36. The molecule has 0 amide bonds. The predicted molar refractivity (Wildman–Crippen MR) is 101 cm³/mol. The number of nitrogens with zero attached hydrogens (tertiary/aromatic N) is 4. The average molecular weight is 358 g/mol. The maximum atomic E-state index is 12.3. The number of rotatable bonds is 7. The molecule has 132 valence electrons. The van der Waals surface area contributed by atoms with Gasteiger partial charge in [0.25, 0.3) is 0 Å². The van der Waals surface area contributed by atoms with Crippen LogP contribution in [0.1, 0.15) is 5.56 Å². The van der Waals surface area contributed by atoms with Gasteiger partial charge in [-0.3, -0.25) is 4.40 Å². The number of hydrogen-bond donors (Lipinski definition) is 0. The Morgan fingerprint density at radius 2 is 2.12 bits per heavy atom. The lowest BCUT2D eigenvalue weighted by molar-refractivity contribution is 0.302. The van der Waals surface area contributed by atoms with Crippen molar-refractivity contribution in [2.24, 2.45) is 0 Å². The number of aromatic nitrogens is 3. The standard InChI is InChI=1S/C18H22N4O2S/c1-20(13-14-7-8-16(25-3)15(12-14)24-2)10-11-22-18(23)21-9-5-4-6-17(21)19-22/h4-9,12H,10-11,13H2,1-3H3. The molecule has 0 atom stereocenters. The lowest BCUT2D eigenvalue weighted by Gasteiger charge is -2.17. The molecular weight excluding hydrogens is 336 g/mol. The highest BCUT2D eigenvalue weighted by Gasteiger charge is 2.09. The first-order valence-electron chi connectivity index (χ1n) is 8.06. The number of methoxy groups -OCH3 is 1. The first-order chi connectivity index (χ1) is 12.1. The van der Waals surface area contributed by atoms with Gasteiger partial charge in [0.1, 0.15) is 5.75 Å². The number of thioether (sulfide) groups is 1. The third-order valence-corrected chi connectivity index (χ3v) is 4.86. The smallest absolute Gasteiger partial charge is 0.350 e. The molecule has 6 nitrogen and oxygen atoms in total. The van der Waals surface area contributed by atoms with Crippen LogP contribution in [0.4, 0.5) is 0 Å². The van der Waals surface area contributed by atoms with E-state index in [2.05, 4.69) is 28.2 Å². The molecule has 3 rings (SSSR count). The van der Waals surface area contributed by atoms with Crippen molar-refractivity contribution in [2.75, 3.05) is 27.0 Å². The number of hydrogen-bond acceptors (Lipinski definition) is 5.